The molecule has 0 spiro atoms. The molecular weight excluding hydrogens is 673 g/mol. The summed E-state index contributed by atoms with van der Waals surface area (Å²) in [6.45, 7) is 14.2. The number of hydrogen-bond donors (Lipinski definition) is 0. The Morgan fingerprint density at radius 1 is 0.667 bits per heavy atom. The van der Waals surface area contributed by atoms with E-state index >= 15 is 0 Å². The van der Waals surface area contributed by atoms with Crippen molar-refractivity contribution in [1.82, 2.24) is 9.55 Å². The molecule has 9 rings (SSSR count). The van der Waals surface area contributed by atoms with Crippen molar-refractivity contribution >= 4 is 41.0 Å². The molecule has 1 aliphatic rings. The van der Waals surface area contributed by atoms with Gasteiger partial charge in [-0.05, 0) is 112 Å². The Hall–Kier alpha value is -5.19. The van der Waals surface area contributed by atoms with Crippen LogP contribution in [0.25, 0.3) is 72.3 Å². The SMILES string of the molecule is [2H]C1(c2ccc(-c3cc(C(C)C)c(-n4c(-c5cccc6c5oc5cc(-c7ccccc7)ccc56)nc5ccccc54)c(C(C)C)c3)cc2)CC[Si](C)(C)CC1. The maximum Gasteiger partial charge on any atom is 0.149 e. The van der Waals surface area contributed by atoms with Crippen LogP contribution in [0.3, 0.4) is 0 Å². The van der Waals surface area contributed by atoms with Crippen LogP contribution < -0.4 is 0 Å². The van der Waals surface area contributed by atoms with E-state index in [4.69, 9.17) is 9.40 Å². The van der Waals surface area contributed by atoms with E-state index < -0.39 is 14.0 Å². The van der Waals surface area contributed by atoms with E-state index in [1.54, 1.807) is 0 Å². The molecule has 4 heteroatoms. The van der Waals surface area contributed by atoms with Gasteiger partial charge in [0.05, 0.1) is 22.3 Å². The molecule has 0 unspecified atom stereocenters. The average molecular weight is 724 g/mol. The fourth-order valence-corrected chi connectivity index (χ4v) is 10.8. The molecule has 2 aromatic heterocycles. The first-order valence-corrected chi connectivity index (χ1v) is 23.2. The average Bonchev–Trinajstić information content (AvgIpc) is 3.77. The van der Waals surface area contributed by atoms with Gasteiger partial charge >= 0.3 is 0 Å². The minimum atomic E-state index is -1.15. The lowest BCUT2D eigenvalue weighted by Gasteiger charge is -2.33. The van der Waals surface area contributed by atoms with E-state index in [2.05, 4.69) is 173 Å². The summed E-state index contributed by atoms with van der Waals surface area (Å²) in [5, 5.41) is 2.19. The number of para-hydroxylation sites is 3. The van der Waals surface area contributed by atoms with Crippen molar-refractivity contribution in [2.45, 2.75) is 83.4 Å². The van der Waals surface area contributed by atoms with Crippen molar-refractivity contribution < 1.29 is 5.79 Å². The minimum Gasteiger partial charge on any atom is -0.455 e. The highest BCUT2D eigenvalue weighted by molar-refractivity contribution is 6.77. The molecule has 8 aromatic rings. The molecule has 1 fully saturated rings. The van der Waals surface area contributed by atoms with Crippen LogP contribution in [0.15, 0.2) is 132 Å². The monoisotopic (exact) mass is 723 g/mol. The van der Waals surface area contributed by atoms with Crippen molar-refractivity contribution in [3.05, 3.63) is 144 Å². The molecule has 1 saturated heterocycles. The van der Waals surface area contributed by atoms with Gasteiger partial charge in [-0.2, -0.15) is 0 Å². The zero-order chi connectivity index (χ0) is 38.1. The lowest BCUT2D eigenvalue weighted by Crippen LogP contribution is -2.30. The number of rotatable bonds is 7. The Labute approximate surface area is 322 Å². The molecule has 0 aliphatic carbocycles. The van der Waals surface area contributed by atoms with E-state index in [9.17, 15) is 1.37 Å². The zero-order valence-corrected chi connectivity index (χ0v) is 33.4. The molecular formula is C50H50N2OSi. The van der Waals surface area contributed by atoms with Crippen molar-refractivity contribution in [3.8, 4) is 39.3 Å². The molecule has 0 amide bonds. The third-order valence-electron chi connectivity index (χ3n) is 11.9. The summed E-state index contributed by atoms with van der Waals surface area (Å²) in [6.07, 6.45) is 1.96. The molecule has 0 atom stereocenters. The topological polar surface area (TPSA) is 31.0 Å². The largest absolute Gasteiger partial charge is 0.455 e. The fraction of sp³-hybridized carbons (Fsp3) is 0.260. The number of imidazole rings is 1. The Kier molecular flexibility index (Phi) is 8.40. The highest BCUT2D eigenvalue weighted by Gasteiger charge is 2.30. The maximum absolute atomic E-state index is 9.39. The lowest BCUT2D eigenvalue weighted by molar-refractivity contribution is 0.602. The molecule has 270 valence electrons. The van der Waals surface area contributed by atoms with Gasteiger partial charge in [-0.25, -0.2) is 4.98 Å². The smallest absolute Gasteiger partial charge is 0.149 e. The van der Waals surface area contributed by atoms with Crippen molar-refractivity contribution in [2.75, 3.05) is 0 Å². The summed E-state index contributed by atoms with van der Waals surface area (Å²) < 4.78 is 18.6. The first kappa shape index (κ1) is 33.4. The van der Waals surface area contributed by atoms with Crippen LogP contribution in [0.4, 0.5) is 0 Å². The van der Waals surface area contributed by atoms with Gasteiger partial charge in [-0.1, -0.05) is 138 Å². The van der Waals surface area contributed by atoms with E-state index in [1.807, 2.05) is 0 Å². The predicted octanol–water partition coefficient (Wildman–Crippen LogP) is 14.8. The molecule has 3 nitrogen and oxygen atoms in total. The number of hydrogen-bond acceptors (Lipinski definition) is 2. The van der Waals surface area contributed by atoms with Gasteiger partial charge < -0.3 is 4.42 Å². The van der Waals surface area contributed by atoms with E-state index in [-0.39, 0.29) is 11.8 Å². The van der Waals surface area contributed by atoms with Crippen molar-refractivity contribution in [2.24, 2.45) is 0 Å². The Bertz CT molecular complexity index is 2660. The minimum absolute atomic E-state index is 0.255. The van der Waals surface area contributed by atoms with Gasteiger partial charge in [0.2, 0.25) is 0 Å². The summed E-state index contributed by atoms with van der Waals surface area (Å²) >= 11 is 0. The molecule has 0 radical (unpaired) electrons. The van der Waals surface area contributed by atoms with Crippen molar-refractivity contribution in [3.63, 3.8) is 0 Å². The van der Waals surface area contributed by atoms with Gasteiger partial charge in [0.1, 0.15) is 17.0 Å². The van der Waals surface area contributed by atoms with E-state index in [0.717, 1.165) is 68.3 Å². The summed E-state index contributed by atoms with van der Waals surface area (Å²) in [5.74, 6) is 0.924. The molecule has 0 N–H and O–H groups in total. The summed E-state index contributed by atoms with van der Waals surface area (Å²) in [7, 11) is -1.15. The second-order valence-electron chi connectivity index (χ2n) is 16.8. The molecule has 6 aromatic carbocycles. The van der Waals surface area contributed by atoms with Crippen LogP contribution >= 0.6 is 0 Å². The van der Waals surface area contributed by atoms with Gasteiger partial charge in [0, 0.05) is 20.2 Å². The highest BCUT2D eigenvalue weighted by atomic mass is 28.3. The van der Waals surface area contributed by atoms with Crippen molar-refractivity contribution in [1.29, 1.82) is 0 Å². The molecule has 0 bridgehead atoms. The Balaban J connectivity index is 1.21. The standard InChI is InChI=1S/C50H50N2OSi/c1-32(2)43-29-39(36-21-19-35(20-22-36)37-25-27-54(5,6)28-26-37)30-44(33(3)4)48(43)52-46-18-11-10-17-45(46)51-50(52)42-16-12-15-41-40-24-23-38(31-47(40)53-49(41)42)34-13-8-7-9-14-34/h7-24,29-33,37H,25-28H2,1-6H3/i37D. The molecule has 0 saturated carbocycles. The van der Waals surface area contributed by atoms with Gasteiger partial charge in [0.25, 0.3) is 0 Å². The third-order valence-corrected chi connectivity index (χ3v) is 15.1. The number of fused-ring (bicyclic) bond motifs is 4. The predicted molar refractivity (Wildman–Crippen MR) is 232 cm³/mol. The fourth-order valence-electron chi connectivity index (χ4n) is 8.62. The van der Waals surface area contributed by atoms with Crippen LogP contribution in [0, 0.1) is 0 Å². The Morgan fingerprint density at radius 3 is 2.02 bits per heavy atom. The Morgan fingerprint density at radius 2 is 1.31 bits per heavy atom. The first-order chi connectivity index (χ1) is 26.5. The first-order valence-electron chi connectivity index (χ1n) is 20.3. The van der Waals surface area contributed by atoms with E-state index in [0.29, 0.717) is 0 Å². The number of aromatic nitrogens is 2. The van der Waals surface area contributed by atoms with Crippen LogP contribution in [0.1, 0.15) is 76.3 Å². The quantitative estimate of drug-likeness (QED) is 0.153. The molecule has 3 heterocycles. The number of nitrogens with zero attached hydrogens (tertiary/aromatic N) is 2. The number of furan rings is 1. The second-order valence-corrected chi connectivity index (χ2v) is 22.1. The van der Waals surface area contributed by atoms with Crippen LogP contribution in [0.5, 0.6) is 0 Å². The number of benzene rings is 6. The molecule has 1 aliphatic heterocycles. The zero-order valence-electron chi connectivity index (χ0n) is 33.4. The summed E-state index contributed by atoms with van der Waals surface area (Å²) in [5.41, 5.74) is 14.4. The summed E-state index contributed by atoms with van der Waals surface area (Å²) in [6, 6.07) is 48.3. The van der Waals surface area contributed by atoms with Gasteiger partial charge in [0.15, 0.2) is 0 Å². The highest BCUT2D eigenvalue weighted by Crippen LogP contribution is 2.44. The van der Waals surface area contributed by atoms with Crippen LogP contribution in [0.2, 0.25) is 25.2 Å². The lowest BCUT2D eigenvalue weighted by atomic mass is 9.87. The maximum atomic E-state index is 9.39. The molecule has 54 heavy (non-hydrogen) atoms. The summed E-state index contributed by atoms with van der Waals surface area (Å²) in [4.78, 5) is 5.38. The van der Waals surface area contributed by atoms with Gasteiger partial charge in [-0.15, -0.1) is 0 Å². The van der Waals surface area contributed by atoms with Crippen LogP contribution in [-0.4, -0.2) is 17.6 Å². The second kappa shape index (κ2) is 13.6. The van der Waals surface area contributed by atoms with E-state index in [1.165, 1.54) is 45.6 Å². The van der Waals surface area contributed by atoms with Gasteiger partial charge in [-0.3, -0.25) is 4.57 Å². The van der Waals surface area contributed by atoms with Crippen LogP contribution in [-0.2, 0) is 0 Å². The third kappa shape index (κ3) is 6.11. The normalized spacial score (nSPS) is 15.8.